The molecule has 0 aromatic heterocycles. The summed E-state index contributed by atoms with van der Waals surface area (Å²) in [7, 11) is 0. The third-order valence-electron chi connectivity index (χ3n) is 5.25. The molecule has 1 saturated heterocycles. The van der Waals surface area contributed by atoms with Crippen molar-refractivity contribution in [2.75, 3.05) is 6.61 Å². The molecule has 2 rings (SSSR count). The Balaban J connectivity index is 1.87. The summed E-state index contributed by atoms with van der Waals surface area (Å²) in [4.78, 5) is 0. The van der Waals surface area contributed by atoms with Crippen molar-refractivity contribution in [1.29, 1.82) is 0 Å². The Labute approximate surface area is 100 Å². The average molecular weight is 225 g/mol. The van der Waals surface area contributed by atoms with Gasteiger partial charge in [-0.15, -0.1) is 0 Å². The lowest BCUT2D eigenvalue weighted by Gasteiger charge is -2.30. The first kappa shape index (κ1) is 12.4. The molecule has 2 fully saturated rings. The summed E-state index contributed by atoms with van der Waals surface area (Å²) in [6.07, 6.45) is 4.00. The number of ether oxygens (including phenoxy) is 1. The van der Waals surface area contributed by atoms with Crippen molar-refractivity contribution < 1.29 is 4.74 Å². The number of hydrogen-bond acceptors (Lipinski definition) is 2. The van der Waals surface area contributed by atoms with E-state index in [0.717, 1.165) is 13.0 Å². The molecule has 1 aliphatic carbocycles. The van der Waals surface area contributed by atoms with Gasteiger partial charge in [0.05, 0.1) is 6.10 Å². The number of rotatable bonds is 3. The SMILES string of the molecule is CCC1CC(NC2C(C)(C)C2(C)C)CCO1. The first-order valence-corrected chi connectivity index (χ1v) is 6.77. The van der Waals surface area contributed by atoms with Crippen LogP contribution in [0.2, 0.25) is 0 Å². The minimum atomic E-state index is 0.451. The third-order valence-corrected chi connectivity index (χ3v) is 5.25. The van der Waals surface area contributed by atoms with Crippen LogP contribution >= 0.6 is 0 Å². The zero-order chi connectivity index (χ0) is 12.0. The third kappa shape index (κ3) is 1.91. The molecule has 1 N–H and O–H groups in total. The predicted octanol–water partition coefficient (Wildman–Crippen LogP) is 2.97. The second kappa shape index (κ2) is 3.99. The van der Waals surface area contributed by atoms with Crippen LogP contribution in [0.1, 0.15) is 53.9 Å². The van der Waals surface area contributed by atoms with Crippen LogP contribution in [-0.4, -0.2) is 24.8 Å². The summed E-state index contributed by atoms with van der Waals surface area (Å²) in [6, 6.07) is 1.35. The minimum Gasteiger partial charge on any atom is -0.378 e. The molecular weight excluding hydrogens is 198 g/mol. The van der Waals surface area contributed by atoms with E-state index < -0.39 is 0 Å². The van der Waals surface area contributed by atoms with Crippen LogP contribution in [0.5, 0.6) is 0 Å². The molecule has 2 aliphatic rings. The normalized spacial score (nSPS) is 37.3. The summed E-state index contributed by atoms with van der Waals surface area (Å²) >= 11 is 0. The van der Waals surface area contributed by atoms with E-state index in [9.17, 15) is 0 Å². The second-order valence-electron chi connectivity index (χ2n) is 6.67. The van der Waals surface area contributed by atoms with Gasteiger partial charge < -0.3 is 10.1 Å². The van der Waals surface area contributed by atoms with Crippen molar-refractivity contribution in [3.8, 4) is 0 Å². The number of nitrogens with one attached hydrogen (secondary N) is 1. The molecule has 0 aromatic rings. The first-order chi connectivity index (χ1) is 7.39. The molecule has 1 aliphatic heterocycles. The summed E-state index contributed by atoms with van der Waals surface area (Å²) in [5, 5.41) is 3.86. The van der Waals surface area contributed by atoms with Gasteiger partial charge in [-0.3, -0.25) is 0 Å². The van der Waals surface area contributed by atoms with E-state index >= 15 is 0 Å². The van der Waals surface area contributed by atoms with Gasteiger partial charge in [0.1, 0.15) is 0 Å². The van der Waals surface area contributed by atoms with E-state index in [4.69, 9.17) is 4.74 Å². The molecule has 0 radical (unpaired) electrons. The largest absolute Gasteiger partial charge is 0.378 e. The summed E-state index contributed by atoms with van der Waals surface area (Å²) < 4.78 is 5.72. The highest BCUT2D eigenvalue weighted by molar-refractivity contribution is 5.18. The van der Waals surface area contributed by atoms with E-state index in [0.29, 0.717) is 29.0 Å². The van der Waals surface area contributed by atoms with Crippen molar-refractivity contribution in [2.45, 2.75) is 72.1 Å². The van der Waals surface area contributed by atoms with Crippen molar-refractivity contribution in [3.63, 3.8) is 0 Å². The Morgan fingerprint density at radius 1 is 1.19 bits per heavy atom. The smallest absolute Gasteiger partial charge is 0.0587 e. The Morgan fingerprint density at radius 2 is 1.81 bits per heavy atom. The van der Waals surface area contributed by atoms with Gasteiger partial charge in [-0.1, -0.05) is 34.6 Å². The van der Waals surface area contributed by atoms with Crippen LogP contribution in [-0.2, 0) is 4.74 Å². The summed E-state index contributed by atoms with van der Waals surface area (Å²) in [5.41, 5.74) is 0.903. The van der Waals surface area contributed by atoms with Crippen molar-refractivity contribution in [1.82, 2.24) is 5.32 Å². The van der Waals surface area contributed by atoms with Crippen LogP contribution in [0.25, 0.3) is 0 Å². The van der Waals surface area contributed by atoms with Gasteiger partial charge in [-0.05, 0) is 30.1 Å². The van der Waals surface area contributed by atoms with Crippen LogP contribution in [0, 0.1) is 10.8 Å². The van der Waals surface area contributed by atoms with Crippen LogP contribution in [0.15, 0.2) is 0 Å². The fourth-order valence-electron chi connectivity index (χ4n) is 3.16. The molecular formula is C14H27NO. The average Bonchev–Trinajstić information content (AvgIpc) is 2.61. The molecule has 2 heteroatoms. The molecule has 2 atom stereocenters. The van der Waals surface area contributed by atoms with Gasteiger partial charge in [-0.2, -0.15) is 0 Å². The maximum atomic E-state index is 5.72. The maximum absolute atomic E-state index is 5.72. The summed E-state index contributed by atoms with van der Waals surface area (Å²) in [5.74, 6) is 0. The van der Waals surface area contributed by atoms with Gasteiger partial charge in [0.2, 0.25) is 0 Å². The topological polar surface area (TPSA) is 21.3 Å². The zero-order valence-electron chi connectivity index (χ0n) is 11.5. The van der Waals surface area contributed by atoms with E-state index in [2.05, 4.69) is 39.9 Å². The van der Waals surface area contributed by atoms with E-state index in [1.807, 2.05) is 0 Å². The van der Waals surface area contributed by atoms with E-state index in [1.165, 1.54) is 12.8 Å². The van der Waals surface area contributed by atoms with E-state index in [1.54, 1.807) is 0 Å². The lowest BCUT2D eigenvalue weighted by Crippen LogP contribution is -2.41. The van der Waals surface area contributed by atoms with Gasteiger partial charge >= 0.3 is 0 Å². The quantitative estimate of drug-likeness (QED) is 0.797. The molecule has 1 saturated carbocycles. The van der Waals surface area contributed by atoms with Gasteiger partial charge in [-0.25, -0.2) is 0 Å². The lowest BCUT2D eigenvalue weighted by molar-refractivity contribution is -0.00110. The standard InChI is InChI=1S/C14H27NO/c1-6-11-9-10(7-8-16-11)15-12-13(2,3)14(12,4)5/h10-12,15H,6-9H2,1-5H3. The molecule has 94 valence electrons. The first-order valence-electron chi connectivity index (χ1n) is 6.77. The van der Waals surface area contributed by atoms with Gasteiger partial charge in [0.15, 0.2) is 0 Å². The zero-order valence-corrected chi connectivity index (χ0v) is 11.5. The lowest BCUT2D eigenvalue weighted by atomic mass is 10.0. The molecule has 0 amide bonds. The molecule has 0 spiro atoms. The van der Waals surface area contributed by atoms with Gasteiger partial charge in [0, 0.05) is 18.7 Å². The Hall–Kier alpha value is -0.0800. The van der Waals surface area contributed by atoms with Crippen LogP contribution in [0.4, 0.5) is 0 Å². The fraction of sp³-hybridized carbons (Fsp3) is 1.00. The maximum Gasteiger partial charge on any atom is 0.0587 e. The van der Waals surface area contributed by atoms with Crippen molar-refractivity contribution in [2.24, 2.45) is 10.8 Å². The highest BCUT2D eigenvalue weighted by atomic mass is 16.5. The van der Waals surface area contributed by atoms with Crippen molar-refractivity contribution >= 4 is 0 Å². The van der Waals surface area contributed by atoms with Crippen LogP contribution in [0.3, 0.4) is 0 Å². The predicted molar refractivity (Wildman–Crippen MR) is 67.5 cm³/mol. The van der Waals surface area contributed by atoms with E-state index in [-0.39, 0.29) is 0 Å². The highest BCUT2D eigenvalue weighted by Crippen LogP contribution is 2.62. The molecule has 1 heterocycles. The molecule has 0 aromatic carbocycles. The highest BCUT2D eigenvalue weighted by Gasteiger charge is 2.64. The van der Waals surface area contributed by atoms with Crippen LogP contribution < -0.4 is 5.32 Å². The molecule has 16 heavy (non-hydrogen) atoms. The Morgan fingerprint density at radius 3 is 2.31 bits per heavy atom. The monoisotopic (exact) mass is 225 g/mol. The number of hydrogen-bond donors (Lipinski definition) is 1. The molecule has 2 unspecified atom stereocenters. The Bertz CT molecular complexity index is 245. The van der Waals surface area contributed by atoms with Crippen molar-refractivity contribution in [3.05, 3.63) is 0 Å². The minimum absolute atomic E-state index is 0.451. The second-order valence-corrected chi connectivity index (χ2v) is 6.67. The van der Waals surface area contributed by atoms with Gasteiger partial charge in [0.25, 0.3) is 0 Å². The Kier molecular flexibility index (Phi) is 3.09. The molecule has 2 nitrogen and oxygen atoms in total. The summed E-state index contributed by atoms with van der Waals surface area (Å²) in [6.45, 7) is 12.7. The fourth-order valence-corrected chi connectivity index (χ4v) is 3.16. The molecule has 0 bridgehead atoms.